The Morgan fingerprint density at radius 1 is 1.42 bits per heavy atom. The van der Waals surface area contributed by atoms with E-state index in [0.717, 1.165) is 11.3 Å². The molecule has 19 heavy (non-hydrogen) atoms. The van der Waals surface area contributed by atoms with Crippen molar-refractivity contribution >= 4 is 11.8 Å². The number of rotatable bonds is 3. The molecule has 0 bridgehead atoms. The second-order valence-electron chi connectivity index (χ2n) is 5.11. The average molecular weight is 264 g/mol. The Labute approximate surface area is 112 Å². The van der Waals surface area contributed by atoms with E-state index in [1.54, 1.807) is 11.7 Å². The number of likely N-dealkylation sites (N-methyl/N-ethyl adjacent to an activating group) is 1. The number of hydrogen-bond donors (Lipinski definition) is 1. The normalized spacial score (nSPS) is 21.9. The summed E-state index contributed by atoms with van der Waals surface area (Å²) in [5.41, 5.74) is 2.03. The zero-order valence-electron chi connectivity index (χ0n) is 11.8. The molecule has 1 saturated heterocycles. The minimum Gasteiger partial charge on any atom is -0.299 e. The lowest BCUT2D eigenvalue weighted by atomic mass is 10.0. The Balaban J connectivity index is 2.07. The second kappa shape index (κ2) is 5.13. The molecule has 0 radical (unpaired) electrons. The third-order valence-electron chi connectivity index (χ3n) is 3.62. The van der Waals surface area contributed by atoms with Gasteiger partial charge in [-0.3, -0.25) is 24.5 Å². The SMILES string of the molecule is Cc1nn(C)cc1C(C)NC1CCC(=O)N(C)C1=O. The van der Waals surface area contributed by atoms with Gasteiger partial charge in [0.1, 0.15) is 0 Å². The number of aryl methyl sites for hydroxylation is 2. The smallest absolute Gasteiger partial charge is 0.246 e. The van der Waals surface area contributed by atoms with Gasteiger partial charge in [-0.05, 0) is 20.3 Å². The van der Waals surface area contributed by atoms with Crippen LogP contribution in [0, 0.1) is 6.92 Å². The van der Waals surface area contributed by atoms with E-state index in [0.29, 0.717) is 12.8 Å². The minimum absolute atomic E-state index is 0.0317. The molecule has 104 valence electrons. The quantitative estimate of drug-likeness (QED) is 0.809. The molecule has 1 fully saturated rings. The Morgan fingerprint density at radius 2 is 2.11 bits per heavy atom. The van der Waals surface area contributed by atoms with Gasteiger partial charge in [-0.25, -0.2) is 0 Å². The maximum atomic E-state index is 12.0. The van der Waals surface area contributed by atoms with Gasteiger partial charge >= 0.3 is 0 Å². The van der Waals surface area contributed by atoms with Crippen molar-refractivity contribution in [1.82, 2.24) is 20.0 Å². The lowest BCUT2D eigenvalue weighted by Gasteiger charge is -2.30. The highest BCUT2D eigenvalue weighted by molar-refractivity contribution is 6.00. The van der Waals surface area contributed by atoms with Crippen molar-refractivity contribution in [3.05, 3.63) is 17.5 Å². The summed E-state index contributed by atoms with van der Waals surface area (Å²) >= 11 is 0. The lowest BCUT2D eigenvalue weighted by Crippen LogP contribution is -2.51. The molecule has 6 nitrogen and oxygen atoms in total. The largest absolute Gasteiger partial charge is 0.299 e. The molecule has 1 N–H and O–H groups in total. The number of imide groups is 1. The first-order valence-corrected chi connectivity index (χ1v) is 6.46. The molecule has 2 atom stereocenters. The molecule has 0 aromatic carbocycles. The highest BCUT2D eigenvalue weighted by Crippen LogP contribution is 2.19. The molecule has 1 aliphatic rings. The fraction of sp³-hybridized carbons (Fsp3) is 0.615. The molecule has 6 heteroatoms. The van der Waals surface area contributed by atoms with E-state index in [1.807, 2.05) is 27.1 Å². The van der Waals surface area contributed by atoms with Gasteiger partial charge in [0.05, 0.1) is 11.7 Å². The molecule has 1 aromatic heterocycles. The van der Waals surface area contributed by atoms with E-state index >= 15 is 0 Å². The first kappa shape index (κ1) is 13.7. The summed E-state index contributed by atoms with van der Waals surface area (Å²) in [4.78, 5) is 24.7. The Bertz CT molecular complexity index is 509. The van der Waals surface area contributed by atoms with Gasteiger partial charge in [-0.15, -0.1) is 0 Å². The third-order valence-corrected chi connectivity index (χ3v) is 3.62. The molecule has 1 aromatic rings. The summed E-state index contributed by atoms with van der Waals surface area (Å²) in [7, 11) is 3.42. The summed E-state index contributed by atoms with van der Waals surface area (Å²) in [6.07, 6.45) is 2.93. The van der Waals surface area contributed by atoms with Crippen LogP contribution in [0.3, 0.4) is 0 Å². The summed E-state index contributed by atoms with van der Waals surface area (Å²) in [6.45, 7) is 3.96. The van der Waals surface area contributed by atoms with E-state index < -0.39 is 0 Å². The summed E-state index contributed by atoms with van der Waals surface area (Å²) in [5, 5.41) is 7.59. The predicted octanol–water partition coefficient (Wildman–Crippen LogP) is 0.527. The molecule has 1 aliphatic heterocycles. The van der Waals surface area contributed by atoms with Crippen molar-refractivity contribution in [2.75, 3.05) is 7.05 Å². The van der Waals surface area contributed by atoms with Crippen molar-refractivity contribution in [3.63, 3.8) is 0 Å². The standard InChI is InChI=1S/C13H20N4O2/c1-8(10-7-16(3)15-9(10)2)14-11-5-6-12(18)17(4)13(11)19/h7-8,11,14H,5-6H2,1-4H3. The van der Waals surface area contributed by atoms with Gasteiger partial charge < -0.3 is 0 Å². The van der Waals surface area contributed by atoms with Crippen LogP contribution in [0.5, 0.6) is 0 Å². The van der Waals surface area contributed by atoms with E-state index in [9.17, 15) is 9.59 Å². The average Bonchev–Trinajstić information content (AvgIpc) is 2.69. The zero-order valence-corrected chi connectivity index (χ0v) is 11.8. The molecule has 0 aliphatic carbocycles. The van der Waals surface area contributed by atoms with E-state index in [-0.39, 0.29) is 23.9 Å². The molecule has 2 unspecified atom stereocenters. The highest BCUT2D eigenvalue weighted by atomic mass is 16.2. The van der Waals surface area contributed by atoms with E-state index in [2.05, 4.69) is 10.4 Å². The Hall–Kier alpha value is -1.69. The minimum atomic E-state index is -0.294. The number of carbonyl (C=O) groups is 2. The van der Waals surface area contributed by atoms with Crippen LogP contribution in [0.1, 0.15) is 37.1 Å². The molecular weight excluding hydrogens is 244 g/mol. The van der Waals surface area contributed by atoms with Crippen LogP contribution in [-0.4, -0.2) is 39.6 Å². The summed E-state index contributed by atoms with van der Waals surface area (Å²) in [6, 6.07) is -0.262. The zero-order chi connectivity index (χ0) is 14.2. The topological polar surface area (TPSA) is 67.2 Å². The van der Waals surface area contributed by atoms with Gasteiger partial charge in [0, 0.05) is 38.3 Å². The van der Waals surface area contributed by atoms with Crippen LogP contribution < -0.4 is 5.32 Å². The van der Waals surface area contributed by atoms with Crippen molar-refractivity contribution in [1.29, 1.82) is 0 Å². The molecule has 2 rings (SSSR count). The van der Waals surface area contributed by atoms with Crippen LogP contribution >= 0.6 is 0 Å². The van der Waals surface area contributed by atoms with Crippen molar-refractivity contribution in [2.24, 2.45) is 7.05 Å². The fourth-order valence-electron chi connectivity index (χ4n) is 2.50. The molecular formula is C13H20N4O2. The van der Waals surface area contributed by atoms with Gasteiger partial charge in [0.2, 0.25) is 11.8 Å². The monoisotopic (exact) mass is 264 g/mol. The summed E-state index contributed by atoms with van der Waals surface area (Å²) < 4.78 is 1.77. The fourth-order valence-corrected chi connectivity index (χ4v) is 2.50. The first-order chi connectivity index (χ1) is 8.90. The van der Waals surface area contributed by atoms with E-state index in [4.69, 9.17) is 0 Å². The summed E-state index contributed by atoms with van der Waals surface area (Å²) in [5.74, 6) is -0.252. The number of nitrogens with one attached hydrogen (secondary N) is 1. The molecule has 2 amide bonds. The van der Waals surface area contributed by atoms with Crippen LogP contribution in [0.4, 0.5) is 0 Å². The van der Waals surface area contributed by atoms with Gasteiger partial charge in [-0.2, -0.15) is 5.10 Å². The number of aromatic nitrogens is 2. The maximum Gasteiger partial charge on any atom is 0.246 e. The van der Waals surface area contributed by atoms with Crippen LogP contribution in [0.15, 0.2) is 6.20 Å². The number of amides is 2. The predicted molar refractivity (Wildman–Crippen MR) is 70.3 cm³/mol. The molecule has 0 spiro atoms. The van der Waals surface area contributed by atoms with Crippen LogP contribution in [-0.2, 0) is 16.6 Å². The number of hydrogen-bond acceptors (Lipinski definition) is 4. The van der Waals surface area contributed by atoms with Crippen LogP contribution in [0.2, 0.25) is 0 Å². The highest BCUT2D eigenvalue weighted by Gasteiger charge is 2.32. The Morgan fingerprint density at radius 3 is 2.68 bits per heavy atom. The molecule has 0 saturated carbocycles. The second-order valence-corrected chi connectivity index (χ2v) is 5.11. The van der Waals surface area contributed by atoms with Gasteiger partial charge in [0.15, 0.2) is 0 Å². The number of carbonyl (C=O) groups excluding carboxylic acids is 2. The van der Waals surface area contributed by atoms with Crippen molar-refractivity contribution in [2.45, 2.75) is 38.8 Å². The maximum absolute atomic E-state index is 12.0. The van der Waals surface area contributed by atoms with E-state index in [1.165, 1.54) is 4.90 Å². The number of piperidine rings is 1. The lowest BCUT2D eigenvalue weighted by molar-refractivity contribution is -0.148. The Kier molecular flexibility index (Phi) is 3.71. The van der Waals surface area contributed by atoms with Crippen molar-refractivity contribution in [3.8, 4) is 0 Å². The number of nitrogens with zero attached hydrogens (tertiary/aromatic N) is 3. The van der Waals surface area contributed by atoms with Crippen molar-refractivity contribution < 1.29 is 9.59 Å². The molecule has 2 heterocycles. The van der Waals surface area contributed by atoms with Crippen LogP contribution in [0.25, 0.3) is 0 Å². The van der Waals surface area contributed by atoms with Gasteiger partial charge in [-0.1, -0.05) is 0 Å². The van der Waals surface area contributed by atoms with Gasteiger partial charge in [0.25, 0.3) is 0 Å². The number of likely N-dealkylation sites (tertiary alicyclic amines) is 1. The third kappa shape index (κ3) is 2.68. The first-order valence-electron chi connectivity index (χ1n) is 6.46.